The average Bonchev–Trinajstić information content (AvgIpc) is 3.23. The minimum absolute atomic E-state index is 0.0940. The van der Waals surface area contributed by atoms with Gasteiger partial charge in [0, 0.05) is 24.9 Å². The molecule has 1 saturated carbocycles. The van der Waals surface area contributed by atoms with E-state index in [9.17, 15) is 23.2 Å². The van der Waals surface area contributed by atoms with Crippen molar-refractivity contribution in [2.45, 2.75) is 44.1 Å². The zero-order valence-corrected chi connectivity index (χ0v) is 19.3. The number of carboxylic acids is 1. The highest BCUT2D eigenvalue weighted by Crippen LogP contribution is 2.54. The van der Waals surface area contributed by atoms with Gasteiger partial charge in [0.05, 0.1) is 5.92 Å². The number of alkyl halides is 2. The first-order valence-corrected chi connectivity index (χ1v) is 11.7. The standard InChI is InChI=1S/C26H28F2N2O5/c1-2-7-15(12-22(31)29-13-21-23(24(32)33)26(21,27)28)30-25(34)35-14-20-18-10-5-3-8-16(18)17-9-4-6-11-19(17)20/h3-6,8-11,15,20-21,23H,2,7,12-14H2,1H3,(H,29,31)(H,30,34)(H,32,33)/t15-,21+,23+/m0/s1. The van der Waals surface area contributed by atoms with E-state index in [0.717, 1.165) is 22.3 Å². The first-order chi connectivity index (χ1) is 16.7. The number of ether oxygens (including phenoxy) is 1. The van der Waals surface area contributed by atoms with Crippen LogP contribution in [0.5, 0.6) is 0 Å². The van der Waals surface area contributed by atoms with Crippen LogP contribution in [0.1, 0.15) is 43.2 Å². The third-order valence-electron chi connectivity index (χ3n) is 6.72. The molecule has 0 aromatic heterocycles. The van der Waals surface area contributed by atoms with Crippen LogP contribution >= 0.6 is 0 Å². The van der Waals surface area contributed by atoms with E-state index in [0.29, 0.717) is 12.8 Å². The third kappa shape index (κ3) is 5.13. The number of hydrogen-bond acceptors (Lipinski definition) is 4. The smallest absolute Gasteiger partial charge is 0.407 e. The molecular formula is C26H28F2N2O5. The number of alkyl carbamates (subject to hydrolysis) is 1. The zero-order chi connectivity index (χ0) is 25.2. The van der Waals surface area contributed by atoms with Crippen LogP contribution in [0.25, 0.3) is 11.1 Å². The maximum Gasteiger partial charge on any atom is 0.407 e. The lowest BCUT2D eigenvalue weighted by Gasteiger charge is -2.19. The van der Waals surface area contributed by atoms with Crippen LogP contribution < -0.4 is 10.6 Å². The molecule has 7 nitrogen and oxygen atoms in total. The van der Waals surface area contributed by atoms with Crippen LogP contribution in [0.2, 0.25) is 0 Å². The molecule has 0 heterocycles. The van der Waals surface area contributed by atoms with Gasteiger partial charge in [-0.2, -0.15) is 0 Å². The van der Waals surface area contributed by atoms with Crippen molar-refractivity contribution in [3.63, 3.8) is 0 Å². The van der Waals surface area contributed by atoms with Gasteiger partial charge in [0.1, 0.15) is 12.5 Å². The number of hydrogen-bond donors (Lipinski definition) is 3. The number of carbonyl (C=O) groups excluding carboxylic acids is 2. The maximum atomic E-state index is 13.5. The molecule has 0 saturated heterocycles. The summed E-state index contributed by atoms with van der Waals surface area (Å²) in [6, 6.07) is 15.4. The molecule has 0 bridgehead atoms. The second kappa shape index (κ2) is 10.0. The Kier molecular flexibility index (Phi) is 7.05. The fourth-order valence-corrected chi connectivity index (χ4v) is 4.88. The molecule has 0 radical (unpaired) electrons. The summed E-state index contributed by atoms with van der Waals surface area (Å²) in [5, 5.41) is 13.9. The Hall–Kier alpha value is -3.49. The SMILES string of the molecule is CCC[C@@H](CC(=O)NC[C@@H]1[C@H](C(=O)O)C1(F)F)NC(=O)OCC1c2ccccc2-c2ccccc21. The van der Waals surface area contributed by atoms with Gasteiger partial charge in [0.15, 0.2) is 0 Å². The number of halogens is 2. The van der Waals surface area contributed by atoms with Gasteiger partial charge < -0.3 is 20.5 Å². The Labute approximate surface area is 201 Å². The van der Waals surface area contributed by atoms with E-state index in [4.69, 9.17) is 9.84 Å². The van der Waals surface area contributed by atoms with Crippen LogP contribution in [0, 0.1) is 11.8 Å². The predicted octanol–water partition coefficient (Wildman–Crippen LogP) is 4.17. The molecule has 2 aromatic carbocycles. The van der Waals surface area contributed by atoms with Gasteiger partial charge >= 0.3 is 12.1 Å². The Balaban J connectivity index is 1.29. The summed E-state index contributed by atoms with van der Waals surface area (Å²) in [5.41, 5.74) is 4.40. The Morgan fingerprint density at radius 1 is 1.06 bits per heavy atom. The lowest BCUT2D eigenvalue weighted by atomic mass is 9.98. The van der Waals surface area contributed by atoms with Crippen LogP contribution in [-0.4, -0.2) is 48.2 Å². The summed E-state index contributed by atoms with van der Waals surface area (Å²) in [5.74, 6) is -8.70. The Bertz CT molecular complexity index is 1080. The van der Waals surface area contributed by atoms with E-state index in [-0.39, 0.29) is 18.9 Å². The molecule has 2 aromatic rings. The molecule has 2 aliphatic rings. The van der Waals surface area contributed by atoms with Crippen molar-refractivity contribution in [1.29, 1.82) is 0 Å². The minimum Gasteiger partial charge on any atom is -0.481 e. The van der Waals surface area contributed by atoms with E-state index in [2.05, 4.69) is 10.6 Å². The lowest BCUT2D eigenvalue weighted by molar-refractivity contribution is -0.141. The molecule has 0 spiro atoms. The van der Waals surface area contributed by atoms with Crippen molar-refractivity contribution >= 4 is 18.0 Å². The summed E-state index contributed by atoms with van der Waals surface area (Å²) in [4.78, 5) is 35.7. The van der Waals surface area contributed by atoms with Gasteiger partial charge in [-0.15, -0.1) is 0 Å². The van der Waals surface area contributed by atoms with Crippen LogP contribution in [0.15, 0.2) is 48.5 Å². The monoisotopic (exact) mass is 486 g/mol. The molecule has 2 aliphatic carbocycles. The molecule has 9 heteroatoms. The topological polar surface area (TPSA) is 105 Å². The Morgan fingerprint density at radius 2 is 1.66 bits per heavy atom. The van der Waals surface area contributed by atoms with E-state index in [1.54, 1.807) is 0 Å². The van der Waals surface area contributed by atoms with E-state index >= 15 is 0 Å². The second-order valence-corrected chi connectivity index (χ2v) is 9.06. The van der Waals surface area contributed by atoms with Crippen molar-refractivity contribution in [2.24, 2.45) is 11.8 Å². The predicted molar refractivity (Wildman–Crippen MR) is 124 cm³/mol. The van der Waals surface area contributed by atoms with Crippen molar-refractivity contribution in [3.8, 4) is 11.1 Å². The number of amides is 2. The fourth-order valence-electron chi connectivity index (χ4n) is 4.88. The van der Waals surface area contributed by atoms with Gasteiger partial charge in [-0.3, -0.25) is 9.59 Å². The fraction of sp³-hybridized carbons (Fsp3) is 0.423. The number of carboxylic acid groups (broad SMARTS) is 1. The third-order valence-corrected chi connectivity index (χ3v) is 6.72. The van der Waals surface area contributed by atoms with Crippen molar-refractivity contribution in [3.05, 3.63) is 59.7 Å². The molecule has 0 aliphatic heterocycles. The van der Waals surface area contributed by atoms with Crippen LogP contribution in [0.4, 0.5) is 13.6 Å². The van der Waals surface area contributed by atoms with Gasteiger partial charge in [-0.05, 0) is 28.7 Å². The molecular weight excluding hydrogens is 458 g/mol. The van der Waals surface area contributed by atoms with Crippen molar-refractivity contribution in [1.82, 2.24) is 10.6 Å². The largest absolute Gasteiger partial charge is 0.481 e. The second-order valence-electron chi connectivity index (χ2n) is 9.06. The summed E-state index contributed by atoms with van der Waals surface area (Å²) < 4.78 is 32.5. The quantitative estimate of drug-likeness (QED) is 0.468. The maximum absolute atomic E-state index is 13.5. The average molecular weight is 487 g/mol. The molecule has 3 N–H and O–H groups in total. The Morgan fingerprint density at radius 3 is 2.20 bits per heavy atom. The number of aliphatic carboxylic acids is 1. The van der Waals surface area contributed by atoms with Crippen LogP contribution in [0.3, 0.4) is 0 Å². The summed E-state index contributed by atoms with van der Waals surface area (Å²) >= 11 is 0. The number of nitrogens with one attached hydrogen (secondary N) is 2. The number of rotatable bonds is 10. The first kappa shape index (κ1) is 24.6. The number of benzene rings is 2. The minimum atomic E-state index is -3.32. The van der Waals surface area contributed by atoms with Gasteiger partial charge in [0.2, 0.25) is 5.91 Å². The highest BCUT2D eigenvalue weighted by atomic mass is 19.3. The van der Waals surface area contributed by atoms with Crippen molar-refractivity contribution in [2.75, 3.05) is 13.2 Å². The van der Waals surface area contributed by atoms with Crippen molar-refractivity contribution < 1.29 is 33.0 Å². The highest BCUT2D eigenvalue weighted by Gasteiger charge is 2.72. The van der Waals surface area contributed by atoms with E-state index in [1.807, 2.05) is 55.5 Å². The molecule has 1 fully saturated rings. The summed E-state index contributed by atoms with van der Waals surface area (Å²) in [6.45, 7) is 1.61. The summed E-state index contributed by atoms with van der Waals surface area (Å²) in [7, 11) is 0. The first-order valence-electron chi connectivity index (χ1n) is 11.7. The normalized spacial score (nSPS) is 20.3. The summed E-state index contributed by atoms with van der Waals surface area (Å²) in [6.07, 6.45) is 0.407. The molecule has 2 amide bonds. The van der Waals surface area contributed by atoms with Gasteiger partial charge in [-0.25, -0.2) is 13.6 Å². The van der Waals surface area contributed by atoms with E-state index in [1.165, 1.54) is 0 Å². The molecule has 4 rings (SSSR count). The molecule has 35 heavy (non-hydrogen) atoms. The number of carbonyl (C=O) groups is 3. The molecule has 0 unspecified atom stereocenters. The number of fused-ring (bicyclic) bond motifs is 3. The molecule has 3 atom stereocenters. The van der Waals surface area contributed by atoms with Gasteiger partial charge in [0.25, 0.3) is 5.92 Å². The van der Waals surface area contributed by atoms with Crippen LogP contribution in [-0.2, 0) is 14.3 Å². The lowest BCUT2D eigenvalue weighted by Crippen LogP contribution is -2.40. The highest BCUT2D eigenvalue weighted by molar-refractivity contribution is 5.80. The van der Waals surface area contributed by atoms with E-state index < -0.39 is 48.3 Å². The van der Waals surface area contributed by atoms with Gasteiger partial charge in [-0.1, -0.05) is 61.9 Å². The zero-order valence-electron chi connectivity index (χ0n) is 19.3. The molecule has 186 valence electrons.